The largest absolute Gasteiger partial charge is 0.480 e. The Kier molecular flexibility index (Phi) is 4.45. The van der Waals surface area contributed by atoms with E-state index in [0.717, 1.165) is 29.2 Å². The Balaban J connectivity index is 1.67. The molecule has 1 aromatic carbocycles. The summed E-state index contributed by atoms with van der Waals surface area (Å²) in [5, 5.41) is 13.8. The Morgan fingerprint density at radius 1 is 1.43 bits per heavy atom. The second-order valence-corrected chi connectivity index (χ2v) is 6.12. The van der Waals surface area contributed by atoms with Gasteiger partial charge in [-0.1, -0.05) is 30.6 Å². The first-order valence-corrected chi connectivity index (χ1v) is 8.14. The number of benzene rings is 1. The summed E-state index contributed by atoms with van der Waals surface area (Å²) in [6, 6.07) is 7.93. The molecule has 0 spiro atoms. The maximum absolute atomic E-state index is 9.79. The Morgan fingerprint density at radius 2 is 2.29 bits per heavy atom. The van der Waals surface area contributed by atoms with Crippen LogP contribution in [0.15, 0.2) is 33.7 Å². The van der Waals surface area contributed by atoms with E-state index in [1.165, 1.54) is 0 Å². The summed E-state index contributed by atoms with van der Waals surface area (Å²) in [6.07, 6.45) is 1.44. The number of nitrogens with zero attached hydrogens (tertiary/aromatic N) is 2. The van der Waals surface area contributed by atoms with Crippen LogP contribution in [0.3, 0.4) is 0 Å². The van der Waals surface area contributed by atoms with E-state index < -0.39 is 6.10 Å². The minimum absolute atomic E-state index is 0.203. The summed E-state index contributed by atoms with van der Waals surface area (Å²) in [4.78, 5) is 5.49. The first-order chi connectivity index (χ1) is 10.3. The molecule has 0 radical (unpaired) electrons. The maximum Gasteiger partial charge on any atom is 0.229 e. The number of hydrogen-bond acceptors (Lipinski definition) is 6. The van der Waals surface area contributed by atoms with Crippen molar-refractivity contribution in [1.82, 2.24) is 10.1 Å². The second-order valence-electron chi connectivity index (χ2n) is 5.06. The molecule has 1 N–H and O–H groups in total. The van der Waals surface area contributed by atoms with Gasteiger partial charge in [0.05, 0.1) is 12.5 Å². The molecular weight excluding hydrogens is 288 g/mol. The fraction of sp³-hybridized carbons (Fsp3) is 0.467. The van der Waals surface area contributed by atoms with Gasteiger partial charge in [-0.15, -0.1) is 11.8 Å². The number of rotatable bonds is 5. The third-order valence-electron chi connectivity index (χ3n) is 3.31. The van der Waals surface area contributed by atoms with Gasteiger partial charge in [0.2, 0.25) is 11.7 Å². The molecule has 3 rings (SSSR count). The predicted octanol–water partition coefficient (Wildman–Crippen LogP) is 3.00. The number of aliphatic hydroxyl groups excluding tert-OH is 1. The molecule has 2 aromatic rings. The molecular formula is C15H18N2O3S. The zero-order valence-corrected chi connectivity index (χ0v) is 12.7. The first-order valence-electron chi connectivity index (χ1n) is 7.15. The first kappa shape index (κ1) is 14.4. The van der Waals surface area contributed by atoms with Gasteiger partial charge in [0.1, 0.15) is 5.75 Å². The normalized spacial score (nSPS) is 18.9. The fourth-order valence-electron chi connectivity index (χ4n) is 2.27. The van der Waals surface area contributed by atoms with Crippen LogP contribution < -0.4 is 4.74 Å². The Morgan fingerprint density at radius 3 is 3.14 bits per heavy atom. The SMILES string of the molecule is CCCC(O)Cc1nc(C2CSc3ccccc3O2)no1. The van der Waals surface area contributed by atoms with Crippen molar-refractivity contribution in [3.05, 3.63) is 36.0 Å². The van der Waals surface area contributed by atoms with Crippen molar-refractivity contribution in [1.29, 1.82) is 0 Å². The number of para-hydroxylation sites is 1. The Bertz CT molecular complexity index is 602. The highest BCUT2D eigenvalue weighted by atomic mass is 32.2. The quantitative estimate of drug-likeness (QED) is 0.916. The van der Waals surface area contributed by atoms with E-state index in [1.807, 2.05) is 31.2 Å². The van der Waals surface area contributed by atoms with Crippen molar-refractivity contribution in [3.63, 3.8) is 0 Å². The van der Waals surface area contributed by atoms with E-state index in [4.69, 9.17) is 9.26 Å². The van der Waals surface area contributed by atoms with E-state index in [1.54, 1.807) is 11.8 Å². The van der Waals surface area contributed by atoms with Gasteiger partial charge in [0.25, 0.3) is 0 Å². The maximum atomic E-state index is 9.79. The molecule has 112 valence electrons. The molecule has 1 aliphatic heterocycles. The molecule has 6 heteroatoms. The summed E-state index contributed by atoms with van der Waals surface area (Å²) in [6.45, 7) is 2.03. The topological polar surface area (TPSA) is 68.4 Å². The second kappa shape index (κ2) is 6.49. The summed E-state index contributed by atoms with van der Waals surface area (Å²) in [5.41, 5.74) is 0. The molecule has 1 aromatic heterocycles. The summed E-state index contributed by atoms with van der Waals surface area (Å²) in [5.74, 6) is 2.64. The van der Waals surface area contributed by atoms with Crippen LogP contribution in [0.4, 0.5) is 0 Å². The van der Waals surface area contributed by atoms with Crippen LogP contribution in [-0.4, -0.2) is 27.1 Å². The van der Waals surface area contributed by atoms with Crippen LogP contribution in [0.2, 0.25) is 0 Å². The Hall–Kier alpha value is -1.53. The zero-order chi connectivity index (χ0) is 14.7. The third kappa shape index (κ3) is 3.39. The highest BCUT2D eigenvalue weighted by molar-refractivity contribution is 7.99. The van der Waals surface area contributed by atoms with Gasteiger partial charge in [0.15, 0.2) is 6.10 Å². The van der Waals surface area contributed by atoms with Gasteiger partial charge in [-0.25, -0.2) is 0 Å². The minimum Gasteiger partial charge on any atom is -0.480 e. The molecule has 1 aliphatic rings. The number of thioether (sulfide) groups is 1. The molecule has 0 amide bonds. The van der Waals surface area contributed by atoms with Crippen molar-refractivity contribution in [3.8, 4) is 5.75 Å². The van der Waals surface area contributed by atoms with Crippen molar-refractivity contribution in [2.24, 2.45) is 0 Å². The molecule has 0 bridgehead atoms. The Labute approximate surface area is 127 Å². The molecule has 2 atom stereocenters. The van der Waals surface area contributed by atoms with Crippen molar-refractivity contribution >= 4 is 11.8 Å². The molecule has 2 unspecified atom stereocenters. The lowest BCUT2D eigenvalue weighted by atomic mass is 10.1. The number of fused-ring (bicyclic) bond motifs is 1. The van der Waals surface area contributed by atoms with Crippen LogP contribution >= 0.6 is 11.8 Å². The lowest BCUT2D eigenvalue weighted by Crippen LogP contribution is -2.16. The van der Waals surface area contributed by atoms with Crippen LogP contribution in [0.1, 0.15) is 37.6 Å². The van der Waals surface area contributed by atoms with E-state index in [-0.39, 0.29) is 6.10 Å². The van der Waals surface area contributed by atoms with Crippen LogP contribution in [0.5, 0.6) is 5.75 Å². The molecule has 0 saturated heterocycles. The van der Waals surface area contributed by atoms with E-state index in [9.17, 15) is 5.11 Å². The molecule has 0 aliphatic carbocycles. The number of aromatic nitrogens is 2. The van der Waals surface area contributed by atoms with Crippen LogP contribution in [0, 0.1) is 0 Å². The monoisotopic (exact) mass is 306 g/mol. The van der Waals surface area contributed by atoms with Gasteiger partial charge in [0, 0.05) is 10.6 Å². The summed E-state index contributed by atoms with van der Waals surface area (Å²) >= 11 is 1.73. The fourth-order valence-corrected chi connectivity index (χ4v) is 3.25. The summed E-state index contributed by atoms with van der Waals surface area (Å²) in [7, 11) is 0. The van der Waals surface area contributed by atoms with Gasteiger partial charge >= 0.3 is 0 Å². The van der Waals surface area contributed by atoms with Crippen molar-refractivity contribution < 1.29 is 14.4 Å². The molecule has 0 saturated carbocycles. The zero-order valence-electron chi connectivity index (χ0n) is 11.9. The molecule has 0 fully saturated rings. The predicted molar refractivity (Wildman–Crippen MR) is 79.5 cm³/mol. The van der Waals surface area contributed by atoms with Gasteiger partial charge in [-0.3, -0.25) is 0 Å². The third-order valence-corrected chi connectivity index (χ3v) is 4.43. The van der Waals surface area contributed by atoms with Gasteiger partial charge < -0.3 is 14.4 Å². The average Bonchev–Trinajstić information content (AvgIpc) is 2.95. The average molecular weight is 306 g/mol. The van der Waals surface area contributed by atoms with Crippen LogP contribution in [-0.2, 0) is 6.42 Å². The highest BCUT2D eigenvalue weighted by Crippen LogP contribution is 2.39. The minimum atomic E-state index is -0.425. The van der Waals surface area contributed by atoms with Crippen molar-refractivity contribution in [2.75, 3.05) is 5.75 Å². The highest BCUT2D eigenvalue weighted by Gasteiger charge is 2.26. The van der Waals surface area contributed by atoms with E-state index in [0.29, 0.717) is 18.1 Å². The molecule has 21 heavy (non-hydrogen) atoms. The number of ether oxygens (including phenoxy) is 1. The van der Waals surface area contributed by atoms with Crippen molar-refractivity contribution in [2.45, 2.75) is 43.3 Å². The van der Waals surface area contributed by atoms with Crippen LogP contribution in [0.25, 0.3) is 0 Å². The van der Waals surface area contributed by atoms with E-state index in [2.05, 4.69) is 10.1 Å². The lowest BCUT2D eigenvalue weighted by Gasteiger charge is -2.22. The van der Waals surface area contributed by atoms with E-state index >= 15 is 0 Å². The summed E-state index contributed by atoms with van der Waals surface area (Å²) < 4.78 is 11.1. The number of aliphatic hydroxyl groups is 1. The molecule has 2 heterocycles. The molecule has 5 nitrogen and oxygen atoms in total. The number of hydrogen-bond donors (Lipinski definition) is 1. The smallest absolute Gasteiger partial charge is 0.229 e. The van der Waals surface area contributed by atoms with Gasteiger partial charge in [-0.2, -0.15) is 4.98 Å². The van der Waals surface area contributed by atoms with Gasteiger partial charge in [-0.05, 0) is 18.6 Å². The standard InChI is InChI=1S/C15H18N2O3S/c1-2-5-10(18)8-14-16-15(17-20-14)12-9-21-13-7-4-3-6-11(13)19-12/h3-4,6-7,10,12,18H,2,5,8-9H2,1H3. The lowest BCUT2D eigenvalue weighted by molar-refractivity contribution is 0.151.